The first kappa shape index (κ1) is 17.4. The van der Waals surface area contributed by atoms with E-state index in [-0.39, 0.29) is 0 Å². The third-order valence-electron chi connectivity index (χ3n) is 6.05. The second-order valence-corrected chi connectivity index (χ2v) is 7.90. The molecule has 7 heteroatoms. The van der Waals surface area contributed by atoms with Gasteiger partial charge in [-0.3, -0.25) is 4.57 Å². The van der Waals surface area contributed by atoms with Gasteiger partial charge in [-0.25, -0.2) is 8.78 Å². The van der Waals surface area contributed by atoms with Crippen molar-refractivity contribution >= 4 is 5.69 Å². The molecule has 0 unspecified atom stereocenters. The Morgan fingerprint density at radius 1 is 0.933 bits per heavy atom. The molecule has 1 saturated heterocycles. The van der Waals surface area contributed by atoms with E-state index in [1.54, 1.807) is 6.33 Å². The van der Waals surface area contributed by atoms with Gasteiger partial charge in [0.25, 0.3) is 0 Å². The number of anilines is 1. The van der Waals surface area contributed by atoms with Gasteiger partial charge in [0.2, 0.25) is 0 Å². The topological polar surface area (TPSA) is 38.9 Å². The van der Waals surface area contributed by atoms with E-state index in [9.17, 15) is 8.78 Å². The molecular weight excluding hydrogens is 384 g/mol. The molecule has 150 valence electrons. The van der Waals surface area contributed by atoms with Gasteiger partial charge < -0.3 is 9.47 Å². The van der Waals surface area contributed by atoms with Gasteiger partial charge in [-0.1, -0.05) is 0 Å². The largest absolute Gasteiger partial charge is 0.372 e. The zero-order valence-electron chi connectivity index (χ0n) is 16.2. The fraction of sp³-hybridized carbons (Fsp3) is 0.217. The Morgan fingerprint density at radius 3 is 2.63 bits per heavy atom. The molecule has 2 aliphatic rings. The van der Waals surface area contributed by atoms with Gasteiger partial charge in [-0.15, -0.1) is 10.2 Å². The van der Waals surface area contributed by atoms with E-state index in [1.165, 1.54) is 30.7 Å². The van der Waals surface area contributed by atoms with E-state index in [1.807, 2.05) is 16.8 Å². The SMILES string of the molecule is Fc1ccc(-c2cc3n(c2)Cc2cc(N4CCCC4)ccc2-n2cnnc2-3)c(F)c1. The van der Waals surface area contributed by atoms with Crippen molar-refractivity contribution in [3.05, 3.63) is 72.2 Å². The molecule has 0 bridgehead atoms. The van der Waals surface area contributed by atoms with Crippen LogP contribution in [-0.4, -0.2) is 32.4 Å². The number of hydrogen-bond acceptors (Lipinski definition) is 3. The number of rotatable bonds is 2. The third-order valence-corrected chi connectivity index (χ3v) is 6.05. The summed E-state index contributed by atoms with van der Waals surface area (Å²) in [7, 11) is 0. The highest BCUT2D eigenvalue weighted by atomic mass is 19.1. The Balaban J connectivity index is 1.49. The van der Waals surface area contributed by atoms with Crippen molar-refractivity contribution in [3.63, 3.8) is 0 Å². The summed E-state index contributed by atoms with van der Waals surface area (Å²) in [4.78, 5) is 2.41. The fourth-order valence-electron chi connectivity index (χ4n) is 4.57. The Hall–Kier alpha value is -3.48. The predicted molar refractivity (Wildman–Crippen MR) is 111 cm³/mol. The minimum absolute atomic E-state index is 0.370. The molecule has 0 N–H and O–H groups in total. The monoisotopic (exact) mass is 403 g/mol. The van der Waals surface area contributed by atoms with Crippen LogP contribution in [0.4, 0.5) is 14.5 Å². The Labute approximate surface area is 172 Å². The second kappa shape index (κ2) is 6.52. The molecule has 2 aromatic heterocycles. The average Bonchev–Trinajstić information content (AvgIpc) is 3.48. The van der Waals surface area contributed by atoms with Crippen molar-refractivity contribution in [2.75, 3.05) is 18.0 Å². The quantitative estimate of drug-likeness (QED) is 0.431. The van der Waals surface area contributed by atoms with E-state index in [0.29, 0.717) is 23.5 Å². The molecule has 0 aliphatic carbocycles. The number of hydrogen-bond donors (Lipinski definition) is 0. The maximum atomic E-state index is 14.4. The van der Waals surface area contributed by atoms with Crippen LogP contribution in [0.1, 0.15) is 18.4 Å². The zero-order valence-corrected chi connectivity index (χ0v) is 16.2. The number of fused-ring (bicyclic) bond motifs is 5. The lowest BCUT2D eigenvalue weighted by atomic mass is 10.1. The molecule has 4 aromatic rings. The van der Waals surface area contributed by atoms with Crippen molar-refractivity contribution in [1.82, 2.24) is 19.3 Å². The Bertz CT molecular complexity index is 1270. The molecule has 0 amide bonds. The minimum atomic E-state index is -0.583. The molecule has 6 rings (SSSR count). The summed E-state index contributed by atoms with van der Waals surface area (Å²) in [5, 5.41) is 8.45. The number of benzene rings is 2. The van der Waals surface area contributed by atoms with Crippen LogP contribution in [0.2, 0.25) is 0 Å². The number of aromatic nitrogens is 4. The van der Waals surface area contributed by atoms with Crippen LogP contribution in [0.3, 0.4) is 0 Å². The van der Waals surface area contributed by atoms with Crippen LogP contribution in [0, 0.1) is 11.6 Å². The first-order valence-corrected chi connectivity index (χ1v) is 10.1. The van der Waals surface area contributed by atoms with Crippen molar-refractivity contribution in [2.24, 2.45) is 0 Å². The van der Waals surface area contributed by atoms with Crippen molar-refractivity contribution < 1.29 is 8.78 Å². The molecule has 1 fully saturated rings. The first-order valence-electron chi connectivity index (χ1n) is 10.1. The van der Waals surface area contributed by atoms with Crippen LogP contribution in [0.15, 0.2) is 55.0 Å². The van der Waals surface area contributed by atoms with Crippen LogP contribution in [-0.2, 0) is 6.54 Å². The maximum Gasteiger partial charge on any atom is 0.185 e. The minimum Gasteiger partial charge on any atom is -0.372 e. The molecule has 0 spiro atoms. The summed E-state index contributed by atoms with van der Waals surface area (Å²) < 4.78 is 31.8. The van der Waals surface area contributed by atoms with Gasteiger partial charge in [0.05, 0.1) is 11.4 Å². The molecule has 5 nitrogen and oxygen atoms in total. The Kier molecular flexibility index (Phi) is 3.78. The molecule has 0 saturated carbocycles. The van der Waals surface area contributed by atoms with E-state index >= 15 is 0 Å². The lowest BCUT2D eigenvalue weighted by Gasteiger charge is -2.20. The summed E-state index contributed by atoms with van der Waals surface area (Å²) in [5.74, 6) is -0.453. The normalized spacial score (nSPS) is 14.9. The maximum absolute atomic E-state index is 14.4. The second-order valence-electron chi connectivity index (χ2n) is 7.90. The molecule has 2 aliphatic heterocycles. The number of nitrogens with zero attached hydrogens (tertiary/aromatic N) is 5. The van der Waals surface area contributed by atoms with Gasteiger partial charge in [-0.2, -0.15) is 0 Å². The average molecular weight is 403 g/mol. The van der Waals surface area contributed by atoms with Crippen LogP contribution >= 0.6 is 0 Å². The third kappa shape index (κ3) is 2.65. The highest BCUT2D eigenvalue weighted by Crippen LogP contribution is 2.36. The summed E-state index contributed by atoms with van der Waals surface area (Å²) in [5.41, 5.74) is 5.34. The van der Waals surface area contributed by atoms with Crippen LogP contribution < -0.4 is 4.90 Å². The van der Waals surface area contributed by atoms with E-state index in [4.69, 9.17) is 0 Å². The summed E-state index contributed by atoms with van der Waals surface area (Å²) in [6.45, 7) is 2.80. The highest BCUT2D eigenvalue weighted by Gasteiger charge is 2.24. The molecule has 0 atom stereocenters. The molecule has 30 heavy (non-hydrogen) atoms. The van der Waals surface area contributed by atoms with Gasteiger partial charge in [0.15, 0.2) is 5.82 Å². The van der Waals surface area contributed by atoms with Gasteiger partial charge in [0.1, 0.15) is 18.0 Å². The lowest BCUT2D eigenvalue weighted by Crippen LogP contribution is -2.18. The zero-order chi connectivity index (χ0) is 20.2. The van der Waals surface area contributed by atoms with Crippen LogP contribution in [0.25, 0.3) is 28.3 Å². The van der Waals surface area contributed by atoms with Gasteiger partial charge >= 0.3 is 0 Å². The van der Waals surface area contributed by atoms with Crippen molar-refractivity contribution in [1.29, 1.82) is 0 Å². The molecular formula is C23H19F2N5. The summed E-state index contributed by atoms with van der Waals surface area (Å²) >= 11 is 0. The van der Waals surface area contributed by atoms with Crippen molar-refractivity contribution in [2.45, 2.75) is 19.4 Å². The van der Waals surface area contributed by atoms with Crippen molar-refractivity contribution in [3.8, 4) is 28.3 Å². The van der Waals surface area contributed by atoms with Gasteiger partial charge in [-0.05, 0) is 54.8 Å². The van der Waals surface area contributed by atoms with E-state index in [0.717, 1.165) is 36.1 Å². The summed E-state index contributed by atoms with van der Waals surface area (Å²) in [6.07, 6.45) is 6.06. The molecule has 0 radical (unpaired) electrons. The fourth-order valence-corrected chi connectivity index (χ4v) is 4.57. The lowest BCUT2D eigenvalue weighted by molar-refractivity contribution is 0.585. The highest BCUT2D eigenvalue weighted by molar-refractivity contribution is 5.72. The predicted octanol–water partition coefficient (Wildman–Crippen LogP) is 4.64. The first-order chi connectivity index (χ1) is 14.7. The summed E-state index contributed by atoms with van der Waals surface area (Å²) in [6, 6.07) is 12.1. The van der Waals surface area contributed by atoms with Gasteiger partial charge in [0, 0.05) is 48.7 Å². The molecule has 4 heterocycles. The van der Waals surface area contributed by atoms with E-state index in [2.05, 4.69) is 37.9 Å². The molecule has 2 aromatic carbocycles. The van der Waals surface area contributed by atoms with Crippen LogP contribution in [0.5, 0.6) is 0 Å². The Morgan fingerprint density at radius 2 is 1.80 bits per heavy atom. The smallest absolute Gasteiger partial charge is 0.185 e. The number of halogens is 2. The van der Waals surface area contributed by atoms with E-state index < -0.39 is 11.6 Å². The standard InChI is InChI=1S/C23H19F2N5/c24-17-3-5-19(20(25)11-17)15-10-22-23-27-26-14-30(23)21-6-4-18(28-7-1-2-8-28)9-16(21)13-29(22)12-15/h3-6,9-12,14H,1-2,7-8,13H2.